The van der Waals surface area contributed by atoms with Crippen molar-refractivity contribution in [3.8, 4) is 5.75 Å². The monoisotopic (exact) mass is 288 g/mol. The van der Waals surface area contributed by atoms with Crippen molar-refractivity contribution < 1.29 is 9.53 Å². The normalized spacial score (nSPS) is 10.7. The fraction of sp³-hybridized carbons (Fsp3) is 0.154. The highest BCUT2D eigenvalue weighted by molar-refractivity contribution is 7.14. The molecule has 0 aliphatic heterocycles. The highest BCUT2D eigenvalue weighted by Crippen LogP contribution is 2.24. The maximum Gasteiger partial charge on any atom is 0.276 e. The smallest absolute Gasteiger partial charge is 0.276 e. The Bertz CT molecular complexity index is 778. The zero-order valence-electron chi connectivity index (χ0n) is 11.0. The Hall–Kier alpha value is -2.41. The number of para-hydroxylation sites is 2. The van der Waals surface area contributed by atoms with Crippen molar-refractivity contribution in [2.45, 2.75) is 6.92 Å². The highest BCUT2D eigenvalue weighted by Gasteiger charge is 2.19. The van der Waals surface area contributed by atoms with Gasteiger partial charge in [-0.05, 0) is 19.1 Å². The molecule has 0 atom stereocenters. The average Bonchev–Trinajstić information content (AvgIpc) is 2.98. The highest BCUT2D eigenvalue weighted by atomic mass is 32.1. The minimum Gasteiger partial charge on any atom is -0.495 e. The van der Waals surface area contributed by atoms with Crippen LogP contribution in [0.5, 0.6) is 5.75 Å². The number of methoxy groups -OCH3 is 1. The lowest BCUT2D eigenvalue weighted by molar-refractivity contribution is 0.101. The number of carbonyl (C=O) groups is 1. The van der Waals surface area contributed by atoms with E-state index >= 15 is 0 Å². The van der Waals surface area contributed by atoms with Crippen LogP contribution in [-0.2, 0) is 0 Å². The van der Waals surface area contributed by atoms with E-state index in [1.165, 1.54) is 11.3 Å². The maximum absolute atomic E-state index is 12.4. The van der Waals surface area contributed by atoms with E-state index in [0.29, 0.717) is 27.8 Å². The molecule has 0 spiro atoms. The summed E-state index contributed by atoms with van der Waals surface area (Å²) < 4.78 is 6.76. The molecule has 0 aliphatic rings. The minimum atomic E-state index is -0.259. The molecule has 7 heteroatoms. The van der Waals surface area contributed by atoms with Crippen LogP contribution in [0.25, 0.3) is 4.96 Å². The molecule has 1 amide bonds. The van der Waals surface area contributed by atoms with E-state index in [2.05, 4.69) is 15.4 Å². The number of anilines is 1. The van der Waals surface area contributed by atoms with Gasteiger partial charge in [-0.2, -0.15) is 9.61 Å². The standard InChI is InChI=1S/C13H12N4O2S/c1-8-11(17-13(15-8)20-7-14-17)12(18)16-9-5-3-4-6-10(9)19-2/h3-7H,1-2H3,(H,16,18). The Morgan fingerprint density at radius 3 is 3.00 bits per heavy atom. The number of aryl methyl sites for hydroxylation is 1. The van der Waals surface area contributed by atoms with E-state index in [-0.39, 0.29) is 5.91 Å². The van der Waals surface area contributed by atoms with Gasteiger partial charge in [0.1, 0.15) is 11.3 Å². The molecule has 0 saturated carbocycles. The molecular formula is C13H12N4O2S. The number of ether oxygens (including phenoxy) is 1. The molecule has 0 fully saturated rings. The first-order valence-corrected chi connectivity index (χ1v) is 6.82. The van der Waals surface area contributed by atoms with Crippen LogP contribution in [0.1, 0.15) is 16.2 Å². The van der Waals surface area contributed by atoms with Crippen molar-refractivity contribution in [3.05, 3.63) is 41.2 Å². The fourth-order valence-electron chi connectivity index (χ4n) is 1.98. The molecule has 3 aromatic rings. The largest absolute Gasteiger partial charge is 0.495 e. The summed E-state index contributed by atoms with van der Waals surface area (Å²) in [6.45, 7) is 1.79. The lowest BCUT2D eigenvalue weighted by Crippen LogP contribution is -2.16. The molecule has 20 heavy (non-hydrogen) atoms. The van der Waals surface area contributed by atoms with Gasteiger partial charge in [-0.3, -0.25) is 4.79 Å². The van der Waals surface area contributed by atoms with Crippen LogP contribution in [0.3, 0.4) is 0 Å². The molecule has 2 aromatic heterocycles. The zero-order valence-corrected chi connectivity index (χ0v) is 11.8. The second-order valence-electron chi connectivity index (χ2n) is 4.13. The zero-order chi connectivity index (χ0) is 14.1. The Morgan fingerprint density at radius 1 is 1.40 bits per heavy atom. The first-order chi connectivity index (χ1) is 9.70. The van der Waals surface area contributed by atoms with Crippen molar-refractivity contribution >= 4 is 27.9 Å². The number of hydrogen-bond acceptors (Lipinski definition) is 5. The van der Waals surface area contributed by atoms with Crippen molar-refractivity contribution in [1.29, 1.82) is 0 Å². The molecule has 2 heterocycles. The van der Waals surface area contributed by atoms with Crippen LogP contribution >= 0.6 is 11.3 Å². The summed E-state index contributed by atoms with van der Waals surface area (Å²) in [7, 11) is 1.56. The van der Waals surface area contributed by atoms with Crippen molar-refractivity contribution in [1.82, 2.24) is 14.6 Å². The van der Waals surface area contributed by atoms with Crippen LogP contribution in [0.4, 0.5) is 5.69 Å². The summed E-state index contributed by atoms with van der Waals surface area (Å²) >= 11 is 1.39. The van der Waals surface area contributed by atoms with Gasteiger partial charge < -0.3 is 10.1 Å². The second kappa shape index (κ2) is 4.93. The SMILES string of the molecule is COc1ccccc1NC(=O)c1c(C)nc2scnn12. The maximum atomic E-state index is 12.4. The molecule has 0 unspecified atom stereocenters. The molecule has 3 rings (SSSR count). The van der Waals surface area contributed by atoms with Gasteiger partial charge in [-0.25, -0.2) is 4.98 Å². The molecule has 1 N–H and O–H groups in total. The molecular weight excluding hydrogens is 276 g/mol. The molecule has 1 aromatic carbocycles. The third-order valence-corrected chi connectivity index (χ3v) is 3.56. The topological polar surface area (TPSA) is 68.5 Å². The summed E-state index contributed by atoms with van der Waals surface area (Å²) in [4.78, 5) is 17.4. The van der Waals surface area contributed by atoms with Crippen LogP contribution < -0.4 is 10.1 Å². The number of nitrogens with one attached hydrogen (secondary N) is 1. The van der Waals surface area contributed by atoms with Gasteiger partial charge in [0.15, 0.2) is 5.69 Å². The van der Waals surface area contributed by atoms with E-state index in [4.69, 9.17) is 4.74 Å². The number of fused-ring (bicyclic) bond motifs is 1. The molecule has 0 bridgehead atoms. The van der Waals surface area contributed by atoms with E-state index in [1.54, 1.807) is 36.2 Å². The number of carbonyl (C=O) groups excluding carboxylic acids is 1. The third-order valence-electron chi connectivity index (χ3n) is 2.89. The van der Waals surface area contributed by atoms with Crippen molar-refractivity contribution in [3.63, 3.8) is 0 Å². The molecule has 102 valence electrons. The lowest BCUT2D eigenvalue weighted by Gasteiger charge is -2.09. The number of aromatic nitrogens is 3. The molecule has 6 nitrogen and oxygen atoms in total. The van der Waals surface area contributed by atoms with E-state index < -0.39 is 0 Å². The van der Waals surface area contributed by atoms with Gasteiger partial charge in [0.25, 0.3) is 5.91 Å². The first-order valence-electron chi connectivity index (χ1n) is 5.94. The summed E-state index contributed by atoms with van der Waals surface area (Å²) in [5.74, 6) is 0.350. The van der Waals surface area contributed by atoms with Crippen molar-refractivity contribution in [2.24, 2.45) is 0 Å². The number of hydrogen-bond donors (Lipinski definition) is 1. The van der Waals surface area contributed by atoms with Crippen LogP contribution in [-0.4, -0.2) is 27.6 Å². The van der Waals surface area contributed by atoms with Gasteiger partial charge in [-0.1, -0.05) is 23.5 Å². The van der Waals surface area contributed by atoms with Gasteiger partial charge in [0, 0.05) is 0 Å². The summed E-state index contributed by atoms with van der Waals surface area (Å²) in [6.07, 6.45) is 0. The van der Waals surface area contributed by atoms with Crippen LogP contribution in [0.15, 0.2) is 29.8 Å². The summed E-state index contributed by atoms with van der Waals surface area (Å²) in [6, 6.07) is 7.25. The van der Waals surface area contributed by atoms with E-state index in [0.717, 1.165) is 0 Å². The number of imidazole rings is 1. The fourth-order valence-corrected chi connectivity index (χ4v) is 2.65. The van der Waals surface area contributed by atoms with Gasteiger partial charge in [0.2, 0.25) is 4.96 Å². The number of benzene rings is 1. The van der Waals surface area contributed by atoms with Gasteiger partial charge in [0.05, 0.1) is 18.5 Å². The Balaban J connectivity index is 1.97. The quantitative estimate of drug-likeness (QED) is 0.803. The summed E-state index contributed by atoms with van der Waals surface area (Å²) in [5, 5.41) is 6.95. The Labute approximate surface area is 119 Å². The molecule has 0 radical (unpaired) electrons. The minimum absolute atomic E-state index is 0.259. The lowest BCUT2D eigenvalue weighted by atomic mass is 10.2. The average molecular weight is 288 g/mol. The van der Waals surface area contributed by atoms with Gasteiger partial charge >= 0.3 is 0 Å². The first kappa shape index (κ1) is 12.6. The predicted octanol–water partition coefficient (Wildman–Crippen LogP) is 2.36. The van der Waals surface area contributed by atoms with E-state index in [1.807, 2.05) is 12.1 Å². The molecule has 0 aliphatic carbocycles. The predicted molar refractivity (Wildman–Crippen MR) is 76.5 cm³/mol. The second-order valence-corrected chi connectivity index (χ2v) is 4.95. The Morgan fingerprint density at radius 2 is 2.20 bits per heavy atom. The van der Waals surface area contributed by atoms with Crippen molar-refractivity contribution in [2.75, 3.05) is 12.4 Å². The number of rotatable bonds is 3. The number of nitrogens with zero attached hydrogens (tertiary/aromatic N) is 3. The molecule has 0 saturated heterocycles. The van der Waals surface area contributed by atoms with Gasteiger partial charge in [-0.15, -0.1) is 0 Å². The van der Waals surface area contributed by atoms with E-state index in [9.17, 15) is 4.79 Å². The summed E-state index contributed by atoms with van der Waals surface area (Å²) in [5.41, 5.74) is 3.36. The third kappa shape index (κ3) is 2.01. The Kier molecular flexibility index (Phi) is 3.11. The van der Waals surface area contributed by atoms with Crippen LogP contribution in [0.2, 0.25) is 0 Å². The van der Waals surface area contributed by atoms with Crippen LogP contribution in [0, 0.1) is 6.92 Å². The number of amides is 1.